The smallest absolute Gasteiger partial charge is 0.327 e. The molecule has 7 aliphatic rings. The summed E-state index contributed by atoms with van der Waals surface area (Å²) in [4.78, 5) is 49.5. The van der Waals surface area contributed by atoms with Crippen LogP contribution in [0.2, 0.25) is 0 Å². The van der Waals surface area contributed by atoms with Crippen LogP contribution in [-0.4, -0.2) is 88.4 Å². The predicted octanol–water partition coefficient (Wildman–Crippen LogP) is 7.55. The standard InChI is InChI=1S/C53H64N2O10/c1-49(2,3)62-42(57)23-21-37(31-56)54-48(59)52-29-40-43-44(64-53(63-43,35-16-9-7-10-17-35)36-18-11-8-12-19-36)46(52)65-55(45(52)47(58)60-40)30-33-15-13-14-32(26-33)27-34-20-22-41-51(6,61-41)25-24-39-38(34)28-50(39,4)5/h7-19,26-27,37-41,43-46,56H,20-25,28-31H2,1-6H3,(H,54,59)/t37-,38+,39+,40+,41?,43-,44-,45-,46+,51+,52-/m0/s1. The van der Waals surface area contributed by atoms with Gasteiger partial charge in [-0.1, -0.05) is 110 Å². The van der Waals surface area contributed by atoms with Crippen LogP contribution in [0.5, 0.6) is 0 Å². The maximum Gasteiger partial charge on any atom is 0.327 e. The highest BCUT2D eigenvalue weighted by atomic mass is 16.8. The van der Waals surface area contributed by atoms with Crippen molar-refractivity contribution in [3.05, 3.63) is 113 Å². The lowest BCUT2D eigenvalue weighted by Gasteiger charge is -2.53. The van der Waals surface area contributed by atoms with E-state index in [0.717, 1.165) is 41.5 Å². The summed E-state index contributed by atoms with van der Waals surface area (Å²) in [7, 11) is 0. The summed E-state index contributed by atoms with van der Waals surface area (Å²) >= 11 is 0. The molecule has 2 bridgehead atoms. The molecule has 11 atom stereocenters. The molecule has 2 N–H and O–H groups in total. The Morgan fingerprint density at radius 2 is 1.63 bits per heavy atom. The van der Waals surface area contributed by atoms with E-state index >= 15 is 4.79 Å². The lowest BCUT2D eigenvalue weighted by molar-refractivity contribution is -0.213. The van der Waals surface area contributed by atoms with Gasteiger partial charge < -0.3 is 34.1 Å². The van der Waals surface area contributed by atoms with Crippen molar-refractivity contribution >= 4 is 23.9 Å². The largest absolute Gasteiger partial charge is 0.460 e. The fraction of sp³-hybridized carbons (Fsp3) is 0.566. The van der Waals surface area contributed by atoms with Gasteiger partial charge >= 0.3 is 11.9 Å². The summed E-state index contributed by atoms with van der Waals surface area (Å²) in [5.41, 5.74) is 3.06. The first-order valence-electron chi connectivity index (χ1n) is 23.7. The Morgan fingerprint density at radius 1 is 0.923 bits per heavy atom. The van der Waals surface area contributed by atoms with Crippen molar-refractivity contribution in [3.8, 4) is 0 Å². The number of aliphatic hydroxyl groups excluding tert-OH is 1. The zero-order valence-corrected chi connectivity index (χ0v) is 38.5. The maximum absolute atomic E-state index is 15.2. The molecule has 3 aromatic carbocycles. The Kier molecular flexibility index (Phi) is 11.2. The number of nitrogens with one attached hydrogen (secondary N) is 1. The number of epoxide rings is 1. The second-order valence-corrected chi connectivity index (χ2v) is 21.6. The van der Waals surface area contributed by atoms with Crippen LogP contribution in [0.4, 0.5) is 0 Å². The zero-order valence-electron chi connectivity index (χ0n) is 38.5. The highest BCUT2D eigenvalue weighted by molar-refractivity contribution is 5.94. The van der Waals surface area contributed by atoms with Crippen LogP contribution in [0.25, 0.3) is 6.08 Å². The van der Waals surface area contributed by atoms with E-state index < -0.39 is 77.8 Å². The molecule has 12 nitrogen and oxygen atoms in total. The Bertz CT molecular complexity index is 2290. The van der Waals surface area contributed by atoms with Gasteiger partial charge in [0, 0.05) is 24.0 Å². The van der Waals surface area contributed by atoms with Crippen molar-refractivity contribution in [3.63, 3.8) is 0 Å². The number of fused-ring (bicyclic) bond motifs is 6. The molecule has 0 spiro atoms. The number of ether oxygens (including phenoxy) is 5. The van der Waals surface area contributed by atoms with Crippen LogP contribution in [0.15, 0.2) is 90.5 Å². The zero-order chi connectivity index (χ0) is 45.5. The van der Waals surface area contributed by atoms with E-state index in [1.165, 1.54) is 18.4 Å². The molecular weight excluding hydrogens is 825 g/mol. The molecule has 0 aromatic heterocycles. The lowest BCUT2D eigenvalue weighted by atomic mass is 9.52. The number of esters is 2. The Morgan fingerprint density at radius 3 is 2.31 bits per heavy atom. The molecule has 1 unspecified atom stereocenters. The van der Waals surface area contributed by atoms with Crippen LogP contribution in [-0.2, 0) is 55.2 Å². The van der Waals surface area contributed by atoms with Gasteiger partial charge in [-0.3, -0.25) is 19.2 Å². The minimum absolute atomic E-state index is 0.00635. The van der Waals surface area contributed by atoms with E-state index in [-0.39, 0.29) is 31.4 Å². The minimum atomic E-state index is -1.50. The summed E-state index contributed by atoms with van der Waals surface area (Å²) in [6, 6.07) is 25.7. The van der Waals surface area contributed by atoms with Gasteiger partial charge in [-0.05, 0) is 94.6 Å². The second kappa shape index (κ2) is 16.4. The summed E-state index contributed by atoms with van der Waals surface area (Å²) in [6.07, 6.45) is 4.88. The van der Waals surface area contributed by atoms with Crippen molar-refractivity contribution in [1.29, 1.82) is 0 Å². The van der Waals surface area contributed by atoms with Gasteiger partial charge in [0.25, 0.3) is 0 Å². The quantitative estimate of drug-likeness (QED) is 0.146. The minimum Gasteiger partial charge on any atom is -0.460 e. The molecule has 4 saturated heterocycles. The molecule has 4 aliphatic heterocycles. The first-order chi connectivity index (χ1) is 31.0. The highest BCUT2D eigenvalue weighted by Gasteiger charge is 2.76. The average Bonchev–Trinajstić information content (AvgIpc) is 3.54. The fourth-order valence-electron chi connectivity index (χ4n) is 12.3. The van der Waals surface area contributed by atoms with E-state index in [1.807, 2.05) is 72.8 Å². The number of carbonyl (C=O) groups excluding carboxylic acids is 3. The molecule has 3 aliphatic carbocycles. The monoisotopic (exact) mass is 888 g/mol. The number of nitrogens with zero attached hydrogens (tertiary/aromatic N) is 1. The number of benzene rings is 3. The number of aliphatic hydroxyl groups is 1. The second-order valence-electron chi connectivity index (χ2n) is 21.6. The van der Waals surface area contributed by atoms with Crippen molar-refractivity contribution in [2.24, 2.45) is 22.7 Å². The summed E-state index contributed by atoms with van der Waals surface area (Å²) in [6.45, 7) is 12.2. The molecule has 12 heteroatoms. The van der Waals surface area contributed by atoms with Gasteiger partial charge in [0.15, 0.2) is 6.04 Å². The van der Waals surface area contributed by atoms with E-state index in [4.69, 9.17) is 28.5 Å². The number of rotatable bonds is 11. The van der Waals surface area contributed by atoms with Crippen molar-refractivity contribution < 1.29 is 48.0 Å². The molecule has 3 aromatic rings. The van der Waals surface area contributed by atoms with Crippen molar-refractivity contribution in [2.45, 2.75) is 159 Å². The van der Waals surface area contributed by atoms with Crippen LogP contribution < -0.4 is 5.32 Å². The third-order valence-electron chi connectivity index (χ3n) is 15.6. The van der Waals surface area contributed by atoms with Crippen LogP contribution >= 0.6 is 0 Å². The molecule has 7 fully saturated rings. The topological polar surface area (TPSA) is 145 Å². The molecule has 3 saturated carbocycles. The third-order valence-corrected chi connectivity index (χ3v) is 15.6. The molecule has 65 heavy (non-hydrogen) atoms. The maximum atomic E-state index is 15.2. The molecule has 0 radical (unpaired) electrons. The predicted molar refractivity (Wildman–Crippen MR) is 240 cm³/mol. The van der Waals surface area contributed by atoms with E-state index in [1.54, 1.807) is 25.8 Å². The average molecular weight is 889 g/mol. The third kappa shape index (κ3) is 7.95. The number of carbonyl (C=O) groups is 3. The van der Waals surface area contributed by atoms with Gasteiger partial charge in [0.2, 0.25) is 11.7 Å². The molecule has 1 amide bonds. The molecule has 10 rings (SSSR count). The number of hydrogen-bond acceptors (Lipinski definition) is 11. The summed E-state index contributed by atoms with van der Waals surface area (Å²) < 4.78 is 32.3. The summed E-state index contributed by atoms with van der Waals surface area (Å²) in [5, 5.41) is 15.2. The van der Waals surface area contributed by atoms with E-state index in [0.29, 0.717) is 23.4 Å². The Balaban J connectivity index is 0.980. The van der Waals surface area contributed by atoms with Gasteiger partial charge in [0.1, 0.15) is 35.4 Å². The lowest BCUT2D eigenvalue weighted by Crippen LogP contribution is -2.70. The van der Waals surface area contributed by atoms with E-state index in [2.05, 4.69) is 44.3 Å². The molecule has 346 valence electrons. The van der Waals surface area contributed by atoms with E-state index in [9.17, 15) is 14.7 Å². The normalized spacial score (nSPS) is 35.2. The first-order valence-corrected chi connectivity index (χ1v) is 23.7. The van der Waals surface area contributed by atoms with Gasteiger partial charge in [0.05, 0.1) is 30.9 Å². The summed E-state index contributed by atoms with van der Waals surface area (Å²) in [5.74, 6) is -1.76. The Hall–Kier alpha value is -4.43. The van der Waals surface area contributed by atoms with Gasteiger partial charge in [-0.2, -0.15) is 5.06 Å². The number of amides is 1. The van der Waals surface area contributed by atoms with Crippen LogP contribution in [0, 0.1) is 22.7 Å². The highest BCUT2D eigenvalue weighted by Crippen LogP contribution is 2.61. The van der Waals surface area contributed by atoms with Gasteiger partial charge in [-0.15, -0.1) is 0 Å². The number of hydroxylamine groups is 2. The fourth-order valence-corrected chi connectivity index (χ4v) is 12.3. The SMILES string of the molecule is CC(C)(C)OC(=O)CC[C@@H](CO)NC(=O)[C@@]12C[C@H]3OC(=O)[C@@H]1N(Cc1cccc(C=C4CCC5O[C@]5(C)CC[C@@H]5[C@@H]4CC5(C)C)c1)O[C@@H]2[C@H]1OC(c2ccccc2)(c2ccccc2)O[C@H]13. The Labute approximate surface area is 382 Å². The number of allylic oxidation sites excluding steroid dienone is 1. The van der Waals surface area contributed by atoms with Crippen molar-refractivity contribution in [1.82, 2.24) is 10.4 Å². The van der Waals surface area contributed by atoms with Crippen molar-refractivity contribution in [2.75, 3.05) is 6.61 Å². The molecular formula is C53H64N2O10. The first kappa shape index (κ1) is 44.4. The van der Waals surface area contributed by atoms with Crippen LogP contribution in [0.3, 0.4) is 0 Å². The number of hydrogen-bond donors (Lipinski definition) is 2. The molecule has 4 heterocycles. The van der Waals surface area contributed by atoms with Crippen LogP contribution in [0.1, 0.15) is 115 Å². The van der Waals surface area contributed by atoms with Gasteiger partial charge in [-0.25, -0.2) is 0 Å².